The van der Waals surface area contributed by atoms with Gasteiger partial charge in [0.05, 0.1) is 19.1 Å². The number of benzene rings is 2. The van der Waals surface area contributed by atoms with E-state index in [1.807, 2.05) is 51.6 Å². The molecule has 4 aromatic rings. The summed E-state index contributed by atoms with van der Waals surface area (Å²) in [5.74, 6) is 2.82. The zero-order valence-corrected chi connectivity index (χ0v) is 23.8. The zero-order valence-electron chi connectivity index (χ0n) is 22.9. The number of ether oxygens (including phenoxy) is 1. The van der Waals surface area contributed by atoms with Gasteiger partial charge in [0.2, 0.25) is 11.7 Å². The van der Waals surface area contributed by atoms with Gasteiger partial charge in [-0.15, -0.1) is 10.2 Å². The van der Waals surface area contributed by atoms with Crippen molar-refractivity contribution in [3.8, 4) is 23.0 Å². The van der Waals surface area contributed by atoms with Crippen LogP contribution in [-0.4, -0.2) is 74.9 Å². The second-order valence-corrected chi connectivity index (χ2v) is 10.8. The minimum Gasteiger partial charge on any atom is -0.497 e. The van der Waals surface area contributed by atoms with E-state index < -0.39 is 0 Å². The summed E-state index contributed by atoms with van der Waals surface area (Å²) in [6.07, 6.45) is 2.77. The fraction of sp³-hybridized carbons (Fsp3) is 0.333. The molecule has 0 N–H and O–H groups in total. The topological polar surface area (TPSA) is 93.7 Å². The predicted molar refractivity (Wildman–Crippen MR) is 154 cm³/mol. The Labute approximate surface area is 238 Å². The summed E-state index contributed by atoms with van der Waals surface area (Å²) in [5, 5.41) is 9.61. The number of thioether (sulfide) groups is 1. The van der Waals surface area contributed by atoms with Gasteiger partial charge >= 0.3 is 0 Å². The van der Waals surface area contributed by atoms with Gasteiger partial charge in [0.1, 0.15) is 5.75 Å². The fourth-order valence-electron chi connectivity index (χ4n) is 4.89. The summed E-state index contributed by atoms with van der Waals surface area (Å²) in [6.45, 7) is 5.63. The van der Waals surface area contributed by atoms with Gasteiger partial charge < -0.3 is 19.0 Å². The molecule has 1 unspecified atom stereocenters. The molecule has 0 bridgehead atoms. The molecule has 0 saturated carbocycles. The van der Waals surface area contributed by atoms with Crippen LogP contribution in [0.4, 0.5) is 0 Å². The fourth-order valence-corrected chi connectivity index (χ4v) is 5.77. The van der Waals surface area contributed by atoms with Gasteiger partial charge in [-0.1, -0.05) is 30.0 Å². The third-order valence-electron chi connectivity index (χ3n) is 7.08. The first-order chi connectivity index (χ1) is 19.5. The Bertz CT molecular complexity index is 1450. The van der Waals surface area contributed by atoms with E-state index >= 15 is 0 Å². The van der Waals surface area contributed by atoms with E-state index in [2.05, 4.69) is 23.2 Å². The van der Waals surface area contributed by atoms with Gasteiger partial charge in [0.15, 0.2) is 10.9 Å². The highest BCUT2D eigenvalue weighted by Gasteiger charge is 2.30. The van der Waals surface area contributed by atoms with Crippen molar-refractivity contribution in [3.63, 3.8) is 0 Å². The number of furan rings is 1. The zero-order chi connectivity index (χ0) is 28.1. The number of carbonyl (C=O) groups excluding carboxylic acids is 2. The van der Waals surface area contributed by atoms with Crippen molar-refractivity contribution in [1.82, 2.24) is 24.6 Å². The van der Waals surface area contributed by atoms with Gasteiger partial charge in [-0.3, -0.25) is 14.2 Å². The Morgan fingerprint density at radius 3 is 2.55 bits per heavy atom. The molecule has 1 saturated heterocycles. The molecule has 1 aliphatic rings. The van der Waals surface area contributed by atoms with Crippen LogP contribution in [0.25, 0.3) is 17.3 Å². The Hall–Kier alpha value is -4.05. The smallest absolute Gasteiger partial charge is 0.254 e. The average Bonchev–Trinajstić information content (AvgIpc) is 3.65. The second-order valence-electron chi connectivity index (χ2n) is 9.77. The largest absolute Gasteiger partial charge is 0.497 e. The number of nitrogens with zero attached hydrogens (tertiary/aromatic N) is 5. The number of aryl methyl sites for hydroxylation is 1. The molecule has 1 fully saturated rings. The number of carbonyl (C=O) groups is 2. The van der Waals surface area contributed by atoms with Crippen LogP contribution in [-0.2, 0) is 4.79 Å². The first-order valence-electron chi connectivity index (χ1n) is 13.4. The summed E-state index contributed by atoms with van der Waals surface area (Å²) in [7, 11) is 1.60. The van der Waals surface area contributed by atoms with Crippen molar-refractivity contribution >= 4 is 23.6 Å². The molecule has 0 aliphatic carbocycles. The van der Waals surface area contributed by atoms with Crippen LogP contribution in [0.1, 0.15) is 35.7 Å². The minimum absolute atomic E-state index is 0.0228. The summed E-state index contributed by atoms with van der Waals surface area (Å²) >= 11 is 1.58. The summed E-state index contributed by atoms with van der Waals surface area (Å²) in [4.78, 5) is 29.8. The number of aromatic nitrogens is 3. The molecule has 5 rings (SSSR count). The number of rotatable bonds is 9. The first kappa shape index (κ1) is 27.5. The number of amides is 2. The van der Waals surface area contributed by atoms with Crippen LogP contribution in [0.5, 0.6) is 5.75 Å². The van der Waals surface area contributed by atoms with Gasteiger partial charge in [0.25, 0.3) is 5.91 Å². The van der Waals surface area contributed by atoms with E-state index in [0.717, 1.165) is 22.2 Å². The molecule has 3 heterocycles. The quantitative estimate of drug-likeness (QED) is 0.208. The molecule has 2 aromatic heterocycles. The SMILES string of the molecule is COc1ccc(C(=O)N2CCN(C(=O)CCCSc3nnc(-c4ccco4)n3-c3ccccc3C)CC2C)cc1. The summed E-state index contributed by atoms with van der Waals surface area (Å²) < 4.78 is 12.8. The van der Waals surface area contributed by atoms with Crippen LogP contribution < -0.4 is 4.74 Å². The van der Waals surface area contributed by atoms with E-state index in [4.69, 9.17) is 9.15 Å². The molecule has 10 heteroatoms. The van der Waals surface area contributed by atoms with E-state index in [9.17, 15) is 9.59 Å². The van der Waals surface area contributed by atoms with Gasteiger partial charge in [-0.05, 0) is 68.3 Å². The van der Waals surface area contributed by atoms with E-state index in [1.54, 1.807) is 49.4 Å². The summed E-state index contributed by atoms with van der Waals surface area (Å²) in [6, 6.07) is 18.9. The van der Waals surface area contributed by atoms with Crippen LogP contribution >= 0.6 is 11.8 Å². The molecule has 1 aliphatic heterocycles. The van der Waals surface area contributed by atoms with Crippen molar-refractivity contribution in [2.24, 2.45) is 0 Å². The molecule has 208 valence electrons. The molecule has 9 nitrogen and oxygen atoms in total. The third kappa shape index (κ3) is 5.91. The molecular formula is C30H33N5O4S. The monoisotopic (exact) mass is 559 g/mol. The van der Waals surface area contributed by atoms with Crippen molar-refractivity contribution < 1.29 is 18.7 Å². The number of methoxy groups -OCH3 is 1. The van der Waals surface area contributed by atoms with Crippen molar-refractivity contribution in [1.29, 1.82) is 0 Å². The lowest BCUT2D eigenvalue weighted by Crippen LogP contribution is -2.55. The van der Waals surface area contributed by atoms with Crippen LogP contribution in [0.15, 0.2) is 76.5 Å². The number of hydrogen-bond acceptors (Lipinski definition) is 7. The predicted octanol–water partition coefficient (Wildman–Crippen LogP) is 5.09. The Kier molecular flexibility index (Phi) is 8.54. The normalized spacial score (nSPS) is 15.3. The molecular weight excluding hydrogens is 526 g/mol. The first-order valence-corrected chi connectivity index (χ1v) is 14.4. The average molecular weight is 560 g/mol. The van der Waals surface area contributed by atoms with E-state index in [-0.39, 0.29) is 17.9 Å². The third-order valence-corrected chi connectivity index (χ3v) is 8.09. The maximum atomic E-state index is 13.0. The van der Waals surface area contributed by atoms with E-state index in [1.165, 1.54) is 0 Å². The Balaban J connectivity index is 1.16. The lowest BCUT2D eigenvalue weighted by Gasteiger charge is -2.40. The maximum absolute atomic E-state index is 13.0. The molecule has 2 aromatic carbocycles. The molecule has 0 spiro atoms. The molecule has 0 radical (unpaired) electrons. The van der Waals surface area contributed by atoms with Gasteiger partial charge in [0, 0.05) is 43.4 Å². The summed E-state index contributed by atoms with van der Waals surface area (Å²) in [5.41, 5.74) is 2.72. The molecule has 40 heavy (non-hydrogen) atoms. The highest BCUT2D eigenvalue weighted by molar-refractivity contribution is 7.99. The van der Waals surface area contributed by atoms with E-state index in [0.29, 0.717) is 55.4 Å². The molecule has 1 atom stereocenters. The van der Waals surface area contributed by atoms with Crippen LogP contribution in [0.2, 0.25) is 0 Å². The van der Waals surface area contributed by atoms with Gasteiger partial charge in [-0.2, -0.15) is 0 Å². The van der Waals surface area contributed by atoms with Gasteiger partial charge in [-0.25, -0.2) is 0 Å². The van der Waals surface area contributed by atoms with Crippen LogP contribution in [0.3, 0.4) is 0 Å². The number of para-hydroxylation sites is 1. The molecule has 2 amide bonds. The second kappa shape index (κ2) is 12.4. The van der Waals surface area contributed by atoms with Crippen LogP contribution in [0, 0.1) is 6.92 Å². The van der Waals surface area contributed by atoms with Crippen molar-refractivity contribution in [3.05, 3.63) is 78.1 Å². The Morgan fingerprint density at radius 2 is 1.85 bits per heavy atom. The Morgan fingerprint density at radius 1 is 1.05 bits per heavy atom. The number of hydrogen-bond donors (Lipinski definition) is 0. The number of piperazine rings is 1. The highest BCUT2D eigenvalue weighted by atomic mass is 32.2. The van der Waals surface area contributed by atoms with Crippen molar-refractivity contribution in [2.45, 2.75) is 37.9 Å². The lowest BCUT2D eigenvalue weighted by atomic mass is 10.1. The minimum atomic E-state index is -0.0608. The maximum Gasteiger partial charge on any atom is 0.254 e. The lowest BCUT2D eigenvalue weighted by molar-refractivity contribution is -0.133. The standard InChI is InChI=1S/C30H33N5O4S/c1-21-8-4-5-9-25(21)35-28(26-10-6-18-39-26)31-32-30(35)40-19-7-11-27(36)33-16-17-34(22(2)20-33)29(37)23-12-14-24(38-3)15-13-23/h4-6,8-10,12-15,18,22H,7,11,16-17,19-20H2,1-3H3. The van der Waals surface area contributed by atoms with Crippen molar-refractivity contribution in [2.75, 3.05) is 32.5 Å². The highest BCUT2D eigenvalue weighted by Crippen LogP contribution is 2.30.